The summed E-state index contributed by atoms with van der Waals surface area (Å²) in [5.74, 6) is 0.0763. The monoisotopic (exact) mass is 285 g/mol. The van der Waals surface area contributed by atoms with Crippen molar-refractivity contribution in [3.05, 3.63) is 35.9 Å². The third kappa shape index (κ3) is 3.83. The van der Waals surface area contributed by atoms with Gasteiger partial charge in [0.05, 0.1) is 18.0 Å². The number of likely N-dealkylation sites (tertiary alicyclic amines) is 1. The second-order valence-corrected chi connectivity index (χ2v) is 6.17. The molecular formula is C17H23N3O. The number of amides is 1. The molecule has 0 saturated carbocycles. The van der Waals surface area contributed by atoms with Crippen molar-refractivity contribution < 1.29 is 4.79 Å². The third-order valence-corrected chi connectivity index (χ3v) is 4.28. The van der Waals surface area contributed by atoms with Crippen molar-refractivity contribution in [2.75, 3.05) is 19.6 Å². The van der Waals surface area contributed by atoms with Crippen LogP contribution in [0.15, 0.2) is 30.3 Å². The highest BCUT2D eigenvalue weighted by Gasteiger charge is 2.31. The van der Waals surface area contributed by atoms with Crippen LogP contribution in [0.5, 0.6) is 0 Å². The van der Waals surface area contributed by atoms with Crippen LogP contribution in [-0.4, -0.2) is 36.5 Å². The quantitative estimate of drug-likeness (QED) is 0.862. The molecule has 0 bridgehead atoms. The fourth-order valence-corrected chi connectivity index (χ4v) is 2.69. The highest BCUT2D eigenvalue weighted by atomic mass is 16.2. The average molecular weight is 285 g/mol. The Labute approximate surface area is 126 Å². The lowest BCUT2D eigenvalue weighted by Crippen LogP contribution is -2.49. The lowest BCUT2D eigenvalue weighted by atomic mass is 9.83. The minimum atomic E-state index is -0.523. The zero-order chi connectivity index (χ0) is 15.3. The summed E-state index contributed by atoms with van der Waals surface area (Å²) < 4.78 is 0. The van der Waals surface area contributed by atoms with Crippen LogP contribution in [0.25, 0.3) is 0 Å². The molecule has 1 N–H and O–H groups in total. The Bertz CT molecular complexity index is 511. The van der Waals surface area contributed by atoms with Gasteiger partial charge >= 0.3 is 0 Å². The Morgan fingerprint density at radius 1 is 1.33 bits per heavy atom. The van der Waals surface area contributed by atoms with E-state index in [2.05, 4.69) is 16.3 Å². The summed E-state index contributed by atoms with van der Waals surface area (Å²) in [4.78, 5) is 14.7. The Hall–Kier alpha value is -1.86. The van der Waals surface area contributed by atoms with E-state index in [1.165, 1.54) is 0 Å². The third-order valence-electron chi connectivity index (χ3n) is 4.28. The van der Waals surface area contributed by atoms with E-state index in [0.717, 1.165) is 31.5 Å². The molecule has 112 valence electrons. The summed E-state index contributed by atoms with van der Waals surface area (Å²) in [6.07, 6.45) is 1.83. The molecule has 0 spiro atoms. The lowest BCUT2D eigenvalue weighted by Gasteiger charge is -2.33. The van der Waals surface area contributed by atoms with E-state index in [0.29, 0.717) is 6.54 Å². The molecule has 1 heterocycles. The molecule has 1 aromatic rings. The number of rotatable bonds is 4. The number of hydrogen-bond donors (Lipinski definition) is 1. The van der Waals surface area contributed by atoms with Gasteiger partial charge in [-0.1, -0.05) is 30.3 Å². The number of carbonyl (C=O) groups is 1. The van der Waals surface area contributed by atoms with E-state index in [1.807, 2.05) is 44.2 Å². The minimum Gasteiger partial charge on any atom is -0.353 e. The molecule has 1 fully saturated rings. The maximum atomic E-state index is 12.6. The van der Waals surface area contributed by atoms with Gasteiger partial charge in [0.25, 0.3) is 0 Å². The number of carbonyl (C=O) groups excluding carboxylic acids is 1. The van der Waals surface area contributed by atoms with Gasteiger partial charge in [0.15, 0.2) is 0 Å². The maximum absolute atomic E-state index is 12.6. The van der Waals surface area contributed by atoms with Gasteiger partial charge in [-0.3, -0.25) is 9.69 Å². The van der Waals surface area contributed by atoms with Crippen LogP contribution in [0.3, 0.4) is 0 Å². The van der Waals surface area contributed by atoms with Gasteiger partial charge in [-0.25, -0.2) is 0 Å². The Kier molecular flexibility index (Phi) is 4.98. The predicted molar refractivity (Wildman–Crippen MR) is 82.7 cm³/mol. The molecule has 21 heavy (non-hydrogen) atoms. The molecule has 0 unspecified atom stereocenters. The molecule has 1 amide bonds. The van der Waals surface area contributed by atoms with Crippen LogP contribution < -0.4 is 5.32 Å². The molecule has 1 aliphatic rings. The molecule has 0 aromatic heterocycles. The summed E-state index contributed by atoms with van der Waals surface area (Å²) in [7, 11) is 0. The molecule has 0 radical (unpaired) electrons. The number of hydrogen-bond acceptors (Lipinski definition) is 3. The molecular weight excluding hydrogens is 262 g/mol. The second-order valence-electron chi connectivity index (χ2n) is 6.17. The van der Waals surface area contributed by atoms with Crippen LogP contribution in [0, 0.1) is 11.3 Å². The van der Waals surface area contributed by atoms with E-state index in [9.17, 15) is 4.79 Å². The van der Waals surface area contributed by atoms with Crippen molar-refractivity contribution in [2.45, 2.75) is 38.1 Å². The first-order chi connectivity index (χ1) is 10.0. The molecule has 0 atom stereocenters. The van der Waals surface area contributed by atoms with E-state index in [1.54, 1.807) is 0 Å². The highest BCUT2D eigenvalue weighted by molar-refractivity contribution is 5.87. The summed E-state index contributed by atoms with van der Waals surface area (Å²) in [5, 5.41) is 11.9. The van der Waals surface area contributed by atoms with Crippen molar-refractivity contribution in [1.29, 1.82) is 5.26 Å². The van der Waals surface area contributed by atoms with Gasteiger partial charge < -0.3 is 5.32 Å². The van der Waals surface area contributed by atoms with Crippen molar-refractivity contribution >= 4 is 5.91 Å². The number of nitrogens with one attached hydrogen (secondary N) is 1. The number of nitrogens with zero attached hydrogens (tertiary/aromatic N) is 2. The normalized spacial score (nSPS) is 17.2. The standard InChI is InChI=1S/C17H23N3O/c1-17(2,14-6-4-3-5-7-14)16(21)19-15-8-11-20(12-9-15)13-10-18/h3-7,15H,8-9,11-13H2,1-2H3,(H,19,21). The molecule has 0 aliphatic carbocycles. The van der Waals surface area contributed by atoms with Gasteiger partial charge in [-0.15, -0.1) is 0 Å². The fourth-order valence-electron chi connectivity index (χ4n) is 2.69. The molecule has 4 heteroatoms. The van der Waals surface area contributed by atoms with Crippen LogP contribution >= 0.6 is 0 Å². The van der Waals surface area contributed by atoms with E-state index in [-0.39, 0.29) is 11.9 Å². The van der Waals surface area contributed by atoms with Crippen LogP contribution in [0.4, 0.5) is 0 Å². The fraction of sp³-hybridized carbons (Fsp3) is 0.529. The zero-order valence-electron chi connectivity index (χ0n) is 12.8. The van der Waals surface area contributed by atoms with Crippen LogP contribution in [-0.2, 0) is 10.2 Å². The van der Waals surface area contributed by atoms with Gasteiger partial charge in [0.2, 0.25) is 5.91 Å². The summed E-state index contributed by atoms with van der Waals surface area (Å²) >= 11 is 0. The van der Waals surface area contributed by atoms with E-state index < -0.39 is 5.41 Å². The van der Waals surface area contributed by atoms with Crippen molar-refractivity contribution in [3.63, 3.8) is 0 Å². The second kappa shape index (κ2) is 6.73. The molecule has 1 aliphatic heterocycles. The summed E-state index contributed by atoms with van der Waals surface area (Å²) in [6.45, 7) is 6.16. The average Bonchev–Trinajstić information content (AvgIpc) is 2.50. The molecule has 1 saturated heterocycles. The van der Waals surface area contributed by atoms with Gasteiger partial charge in [-0.2, -0.15) is 5.26 Å². The number of benzene rings is 1. The number of piperidine rings is 1. The topological polar surface area (TPSA) is 56.1 Å². The molecule has 2 rings (SSSR count). The first kappa shape index (κ1) is 15.5. The SMILES string of the molecule is CC(C)(C(=O)NC1CCN(CC#N)CC1)c1ccccc1. The first-order valence-corrected chi connectivity index (χ1v) is 7.50. The van der Waals surface area contributed by atoms with Crippen molar-refractivity contribution in [2.24, 2.45) is 0 Å². The highest BCUT2D eigenvalue weighted by Crippen LogP contribution is 2.24. The molecule has 4 nitrogen and oxygen atoms in total. The van der Waals surface area contributed by atoms with Gasteiger partial charge in [0, 0.05) is 19.1 Å². The number of nitriles is 1. The summed E-state index contributed by atoms with van der Waals surface area (Å²) in [6, 6.07) is 12.3. The largest absolute Gasteiger partial charge is 0.353 e. The maximum Gasteiger partial charge on any atom is 0.230 e. The Morgan fingerprint density at radius 3 is 2.52 bits per heavy atom. The molecule has 1 aromatic carbocycles. The van der Waals surface area contributed by atoms with Crippen LogP contribution in [0.1, 0.15) is 32.3 Å². The van der Waals surface area contributed by atoms with Crippen molar-refractivity contribution in [3.8, 4) is 6.07 Å². The Morgan fingerprint density at radius 2 is 1.95 bits per heavy atom. The van der Waals surface area contributed by atoms with Gasteiger partial charge in [-0.05, 0) is 32.3 Å². The smallest absolute Gasteiger partial charge is 0.230 e. The van der Waals surface area contributed by atoms with Crippen LogP contribution in [0.2, 0.25) is 0 Å². The first-order valence-electron chi connectivity index (χ1n) is 7.50. The van der Waals surface area contributed by atoms with E-state index >= 15 is 0 Å². The van der Waals surface area contributed by atoms with Gasteiger partial charge in [0.1, 0.15) is 0 Å². The van der Waals surface area contributed by atoms with E-state index in [4.69, 9.17) is 5.26 Å². The van der Waals surface area contributed by atoms with Crippen molar-refractivity contribution in [1.82, 2.24) is 10.2 Å². The lowest BCUT2D eigenvalue weighted by molar-refractivity contribution is -0.126. The Balaban J connectivity index is 1.92. The zero-order valence-corrected chi connectivity index (χ0v) is 12.8. The summed E-state index contributed by atoms with van der Waals surface area (Å²) in [5.41, 5.74) is 0.509. The predicted octanol–water partition coefficient (Wildman–Crippen LogP) is 2.07. The minimum absolute atomic E-state index is 0.0763.